The summed E-state index contributed by atoms with van der Waals surface area (Å²) in [5.74, 6) is 2.72. The van der Waals surface area contributed by atoms with Gasteiger partial charge in [0.15, 0.2) is 0 Å². The molecule has 2 aromatic rings. The first-order valence-corrected chi connectivity index (χ1v) is 8.20. The maximum atomic E-state index is 13.3. The Morgan fingerprint density at radius 3 is 2.33 bits per heavy atom. The summed E-state index contributed by atoms with van der Waals surface area (Å²) in [7, 11) is 0. The fourth-order valence-electron chi connectivity index (χ4n) is 5.75. The number of carbonyl (C=O) groups excluding carboxylic acids is 1. The number of benzene rings is 1. The highest BCUT2D eigenvalue weighted by molar-refractivity contribution is 5.93. The fourth-order valence-corrected chi connectivity index (χ4v) is 5.75. The Bertz CT molecular complexity index is 694. The minimum Gasteiger partial charge on any atom is -0.273 e. The molecule has 1 aromatic heterocycles. The summed E-state index contributed by atoms with van der Waals surface area (Å²) in [6, 6.07) is 7.97. The van der Waals surface area contributed by atoms with Crippen molar-refractivity contribution in [3.8, 4) is 0 Å². The lowest BCUT2D eigenvalue weighted by Crippen LogP contribution is -2.51. The van der Waals surface area contributed by atoms with Crippen LogP contribution in [0.2, 0.25) is 0 Å². The predicted octanol–water partition coefficient (Wildman–Crippen LogP) is 3.89. The van der Waals surface area contributed by atoms with Gasteiger partial charge in [-0.05, 0) is 68.4 Å². The van der Waals surface area contributed by atoms with Gasteiger partial charge in [-0.25, -0.2) is 4.98 Å². The molecule has 4 saturated carbocycles. The third-order valence-corrected chi connectivity index (χ3v) is 6.16. The summed E-state index contributed by atoms with van der Waals surface area (Å²) in [6.45, 7) is 0. The average molecular weight is 280 g/mol. The van der Waals surface area contributed by atoms with Gasteiger partial charge in [0.05, 0.1) is 16.4 Å². The molecule has 0 radical (unpaired) electrons. The monoisotopic (exact) mass is 280 g/mol. The third kappa shape index (κ3) is 1.60. The normalized spacial score (nSPS) is 37.2. The van der Waals surface area contributed by atoms with Crippen molar-refractivity contribution >= 4 is 16.9 Å². The van der Waals surface area contributed by atoms with Crippen LogP contribution in [-0.4, -0.2) is 15.5 Å². The van der Waals surface area contributed by atoms with Gasteiger partial charge in [0, 0.05) is 0 Å². The molecule has 4 bridgehead atoms. The van der Waals surface area contributed by atoms with E-state index in [0.29, 0.717) is 5.91 Å². The highest BCUT2D eigenvalue weighted by Crippen LogP contribution is 2.60. The SMILES string of the molecule is O=C(n1cnc2ccccc21)C12CC3CC(CC(C3)C1)C2. The molecule has 4 fully saturated rings. The first-order chi connectivity index (χ1) is 10.2. The van der Waals surface area contributed by atoms with E-state index in [1.807, 2.05) is 28.8 Å². The highest BCUT2D eigenvalue weighted by Gasteiger charge is 2.55. The second kappa shape index (κ2) is 3.96. The molecule has 6 rings (SSSR count). The Morgan fingerprint density at radius 2 is 1.67 bits per heavy atom. The van der Waals surface area contributed by atoms with Crippen LogP contribution in [0.25, 0.3) is 11.0 Å². The van der Waals surface area contributed by atoms with Crippen LogP contribution in [0.4, 0.5) is 0 Å². The van der Waals surface area contributed by atoms with Crippen molar-refractivity contribution in [1.82, 2.24) is 9.55 Å². The molecule has 108 valence electrons. The van der Waals surface area contributed by atoms with E-state index in [1.54, 1.807) is 6.33 Å². The van der Waals surface area contributed by atoms with Gasteiger partial charge in [0.1, 0.15) is 6.33 Å². The lowest BCUT2D eigenvalue weighted by molar-refractivity contribution is -0.0398. The number of nitrogens with zero attached hydrogens (tertiary/aromatic N) is 2. The van der Waals surface area contributed by atoms with Crippen molar-refractivity contribution in [2.75, 3.05) is 0 Å². The summed E-state index contributed by atoms with van der Waals surface area (Å²) in [4.78, 5) is 17.7. The van der Waals surface area contributed by atoms with E-state index < -0.39 is 0 Å². The van der Waals surface area contributed by atoms with Gasteiger partial charge in [-0.15, -0.1) is 0 Å². The summed E-state index contributed by atoms with van der Waals surface area (Å²) in [6.07, 6.45) is 9.20. The molecule has 4 aliphatic carbocycles. The van der Waals surface area contributed by atoms with Crippen molar-refractivity contribution in [3.63, 3.8) is 0 Å². The van der Waals surface area contributed by atoms with Crippen LogP contribution in [0, 0.1) is 23.2 Å². The minimum absolute atomic E-state index is 0.0851. The van der Waals surface area contributed by atoms with E-state index in [2.05, 4.69) is 4.98 Å². The first kappa shape index (κ1) is 12.0. The maximum absolute atomic E-state index is 13.3. The first-order valence-electron chi connectivity index (χ1n) is 8.20. The van der Waals surface area contributed by atoms with Crippen LogP contribution in [0.1, 0.15) is 43.3 Å². The quantitative estimate of drug-likeness (QED) is 0.794. The summed E-state index contributed by atoms with van der Waals surface area (Å²) >= 11 is 0. The molecule has 0 N–H and O–H groups in total. The van der Waals surface area contributed by atoms with Gasteiger partial charge in [0.25, 0.3) is 0 Å². The van der Waals surface area contributed by atoms with Gasteiger partial charge in [-0.3, -0.25) is 9.36 Å². The van der Waals surface area contributed by atoms with Gasteiger partial charge in [0.2, 0.25) is 5.91 Å². The number of aromatic nitrogens is 2. The molecular formula is C18H20N2O. The van der Waals surface area contributed by atoms with E-state index >= 15 is 0 Å². The van der Waals surface area contributed by atoms with Crippen molar-refractivity contribution in [3.05, 3.63) is 30.6 Å². The summed E-state index contributed by atoms with van der Waals surface area (Å²) in [5.41, 5.74) is 1.81. The van der Waals surface area contributed by atoms with Gasteiger partial charge < -0.3 is 0 Å². The van der Waals surface area contributed by atoms with Crippen molar-refractivity contribution in [2.24, 2.45) is 23.2 Å². The lowest BCUT2D eigenvalue weighted by Gasteiger charge is -2.55. The topological polar surface area (TPSA) is 34.9 Å². The number of para-hydroxylation sites is 2. The van der Waals surface area contributed by atoms with Crippen LogP contribution >= 0.6 is 0 Å². The van der Waals surface area contributed by atoms with Crippen LogP contribution < -0.4 is 0 Å². The van der Waals surface area contributed by atoms with Gasteiger partial charge in [-0.2, -0.15) is 0 Å². The lowest BCUT2D eigenvalue weighted by atomic mass is 9.49. The molecule has 4 aliphatic rings. The minimum atomic E-state index is -0.0851. The molecule has 0 spiro atoms. The largest absolute Gasteiger partial charge is 0.273 e. The van der Waals surface area contributed by atoms with Crippen molar-refractivity contribution in [2.45, 2.75) is 38.5 Å². The van der Waals surface area contributed by atoms with Crippen molar-refractivity contribution < 1.29 is 4.79 Å². The fraction of sp³-hybridized carbons (Fsp3) is 0.556. The molecule has 0 amide bonds. The molecule has 0 unspecified atom stereocenters. The Kier molecular flexibility index (Phi) is 2.26. The second-order valence-electron chi connectivity index (χ2n) is 7.61. The molecule has 21 heavy (non-hydrogen) atoms. The summed E-state index contributed by atoms with van der Waals surface area (Å²) < 4.78 is 1.84. The smallest absolute Gasteiger partial charge is 0.238 e. The van der Waals surface area contributed by atoms with Crippen LogP contribution in [0.5, 0.6) is 0 Å². The van der Waals surface area contributed by atoms with Crippen LogP contribution in [-0.2, 0) is 0 Å². The molecule has 0 saturated heterocycles. The number of carbonyl (C=O) groups is 1. The van der Waals surface area contributed by atoms with Gasteiger partial charge >= 0.3 is 0 Å². The number of hydrogen-bond acceptors (Lipinski definition) is 2. The molecule has 0 aliphatic heterocycles. The maximum Gasteiger partial charge on any atom is 0.238 e. The van der Waals surface area contributed by atoms with Crippen LogP contribution in [0.3, 0.4) is 0 Å². The van der Waals surface area contributed by atoms with E-state index in [-0.39, 0.29) is 5.41 Å². The van der Waals surface area contributed by atoms with Crippen molar-refractivity contribution in [1.29, 1.82) is 0 Å². The third-order valence-electron chi connectivity index (χ3n) is 6.16. The molecule has 3 heteroatoms. The zero-order chi connectivity index (χ0) is 14.0. The highest BCUT2D eigenvalue weighted by atomic mass is 16.2. The van der Waals surface area contributed by atoms with Crippen LogP contribution in [0.15, 0.2) is 30.6 Å². The van der Waals surface area contributed by atoms with E-state index in [0.717, 1.165) is 48.0 Å². The number of rotatable bonds is 1. The van der Waals surface area contributed by atoms with E-state index in [9.17, 15) is 4.79 Å². The molecule has 1 heterocycles. The Labute approximate surface area is 124 Å². The number of fused-ring (bicyclic) bond motifs is 1. The standard InChI is InChI=1S/C18H20N2O/c21-17(20-11-19-15-3-1-2-4-16(15)20)18-8-12-5-13(9-18)7-14(6-12)10-18/h1-4,11-14H,5-10H2. The second-order valence-corrected chi connectivity index (χ2v) is 7.61. The molecule has 0 atom stereocenters. The molecule has 1 aromatic carbocycles. The number of imidazole rings is 1. The number of hydrogen-bond donors (Lipinski definition) is 0. The Hall–Kier alpha value is -1.64. The van der Waals surface area contributed by atoms with E-state index in [4.69, 9.17) is 0 Å². The Balaban J connectivity index is 1.59. The average Bonchev–Trinajstić information content (AvgIpc) is 2.89. The molecular weight excluding hydrogens is 260 g/mol. The predicted molar refractivity (Wildman–Crippen MR) is 81.0 cm³/mol. The zero-order valence-electron chi connectivity index (χ0n) is 12.2. The molecule has 3 nitrogen and oxygen atoms in total. The Morgan fingerprint density at radius 1 is 1.05 bits per heavy atom. The van der Waals surface area contributed by atoms with E-state index in [1.165, 1.54) is 19.3 Å². The van der Waals surface area contributed by atoms with Gasteiger partial charge in [-0.1, -0.05) is 12.1 Å². The zero-order valence-corrected chi connectivity index (χ0v) is 12.2. The summed E-state index contributed by atoms with van der Waals surface area (Å²) in [5, 5.41) is 0.